The van der Waals surface area contributed by atoms with E-state index in [-0.39, 0.29) is 11.0 Å². The van der Waals surface area contributed by atoms with Crippen LogP contribution in [-0.4, -0.2) is 40.5 Å². The second-order valence-corrected chi connectivity index (χ2v) is 7.86. The summed E-state index contributed by atoms with van der Waals surface area (Å²) in [6, 6.07) is 6.33. The van der Waals surface area contributed by atoms with Crippen LogP contribution >= 0.6 is 11.8 Å². The van der Waals surface area contributed by atoms with Crippen molar-refractivity contribution in [3.8, 4) is 0 Å². The van der Waals surface area contributed by atoms with Crippen LogP contribution in [0.5, 0.6) is 0 Å². The third kappa shape index (κ3) is 4.31. The number of sulfonamides is 1. The van der Waals surface area contributed by atoms with Gasteiger partial charge in [-0.1, -0.05) is 11.8 Å². The van der Waals surface area contributed by atoms with Crippen molar-refractivity contribution in [3.05, 3.63) is 36.2 Å². The molecule has 7 nitrogen and oxygen atoms in total. The summed E-state index contributed by atoms with van der Waals surface area (Å²) in [4.78, 5) is 12.4. The molecule has 0 aliphatic carbocycles. The lowest BCUT2D eigenvalue weighted by atomic mass is 10.1. The van der Waals surface area contributed by atoms with Crippen LogP contribution in [0.2, 0.25) is 0 Å². The van der Waals surface area contributed by atoms with Crippen molar-refractivity contribution in [2.24, 2.45) is 7.05 Å². The molecular formula is C13H16N4O3S2. The molecule has 1 N–H and O–H groups in total. The first-order valence-corrected chi connectivity index (χ1v) is 9.16. The van der Waals surface area contributed by atoms with E-state index in [2.05, 4.69) is 14.9 Å². The van der Waals surface area contributed by atoms with Gasteiger partial charge in [0.2, 0.25) is 10.0 Å². The summed E-state index contributed by atoms with van der Waals surface area (Å²) in [5.74, 6) is -0.0566. The SMILES string of the molecule is C[C@H](Sc1nncn1C)C(=O)c1ccc(NS(C)(=O)=O)cc1. The molecule has 0 saturated carbocycles. The number of thioether (sulfide) groups is 1. The van der Waals surface area contributed by atoms with Gasteiger partial charge < -0.3 is 4.57 Å². The summed E-state index contributed by atoms with van der Waals surface area (Å²) in [6.07, 6.45) is 2.65. The molecule has 118 valence electrons. The maximum Gasteiger partial charge on any atom is 0.229 e. The van der Waals surface area contributed by atoms with Gasteiger partial charge in [0.25, 0.3) is 0 Å². The van der Waals surface area contributed by atoms with Crippen molar-refractivity contribution in [2.75, 3.05) is 11.0 Å². The number of carbonyl (C=O) groups excluding carboxylic acids is 1. The van der Waals surface area contributed by atoms with Crippen molar-refractivity contribution in [2.45, 2.75) is 17.3 Å². The number of anilines is 1. The molecule has 9 heteroatoms. The highest BCUT2D eigenvalue weighted by Crippen LogP contribution is 2.23. The van der Waals surface area contributed by atoms with Crippen molar-refractivity contribution in [1.82, 2.24) is 14.8 Å². The van der Waals surface area contributed by atoms with E-state index in [9.17, 15) is 13.2 Å². The number of aryl methyl sites for hydroxylation is 1. The summed E-state index contributed by atoms with van der Waals surface area (Å²) in [7, 11) is -1.51. The molecule has 0 amide bonds. The van der Waals surface area contributed by atoms with Crippen LogP contribution in [0.1, 0.15) is 17.3 Å². The topological polar surface area (TPSA) is 93.9 Å². The zero-order chi connectivity index (χ0) is 16.3. The molecule has 1 aromatic heterocycles. The Balaban J connectivity index is 2.07. The summed E-state index contributed by atoms with van der Waals surface area (Å²) in [5, 5.41) is 8.04. The van der Waals surface area contributed by atoms with Crippen LogP contribution in [0.25, 0.3) is 0 Å². The number of hydrogen-bond acceptors (Lipinski definition) is 6. The van der Waals surface area contributed by atoms with E-state index >= 15 is 0 Å². The van der Waals surface area contributed by atoms with Gasteiger partial charge in [-0.2, -0.15) is 0 Å². The Hall–Kier alpha value is -1.87. The van der Waals surface area contributed by atoms with Gasteiger partial charge in [0.05, 0.1) is 11.5 Å². The quantitative estimate of drug-likeness (QED) is 0.633. The van der Waals surface area contributed by atoms with Gasteiger partial charge in [0.15, 0.2) is 10.9 Å². The van der Waals surface area contributed by atoms with Gasteiger partial charge in [0, 0.05) is 18.3 Å². The molecule has 0 aliphatic heterocycles. The first-order valence-electron chi connectivity index (χ1n) is 6.39. The number of nitrogens with one attached hydrogen (secondary N) is 1. The molecule has 2 aromatic rings. The molecule has 0 unspecified atom stereocenters. The zero-order valence-electron chi connectivity index (χ0n) is 12.3. The highest BCUT2D eigenvalue weighted by Gasteiger charge is 2.18. The molecule has 22 heavy (non-hydrogen) atoms. The molecule has 0 fully saturated rings. The third-order valence-corrected chi connectivity index (χ3v) is 4.55. The normalized spacial score (nSPS) is 12.9. The van der Waals surface area contributed by atoms with E-state index in [1.165, 1.54) is 11.8 Å². The van der Waals surface area contributed by atoms with Gasteiger partial charge in [-0.05, 0) is 31.2 Å². The van der Waals surface area contributed by atoms with Gasteiger partial charge >= 0.3 is 0 Å². The predicted octanol–water partition coefficient (Wildman–Crippen LogP) is 1.55. The molecule has 0 bridgehead atoms. The number of Topliss-reactive ketones (excluding diaryl/α,β-unsaturated/α-hetero) is 1. The standard InChI is InChI=1S/C13H16N4O3S2/c1-9(21-13-15-14-8-17(13)2)12(18)10-4-6-11(7-5-10)16-22(3,19)20/h4-9,16H,1-3H3/t9-/m0/s1. The zero-order valence-corrected chi connectivity index (χ0v) is 14.0. The number of carbonyl (C=O) groups is 1. The van der Waals surface area contributed by atoms with Crippen LogP contribution in [0.3, 0.4) is 0 Å². The monoisotopic (exact) mass is 340 g/mol. The lowest BCUT2D eigenvalue weighted by molar-refractivity contribution is 0.0994. The average Bonchev–Trinajstić information content (AvgIpc) is 2.82. The van der Waals surface area contributed by atoms with E-state index in [0.717, 1.165) is 6.26 Å². The van der Waals surface area contributed by atoms with Crippen molar-refractivity contribution in [3.63, 3.8) is 0 Å². The summed E-state index contributed by atoms with van der Waals surface area (Å²) in [5.41, 5.74) is 0.939. The van der Waals surface area contributed by atoms with E-state index in [1.54, 1.807) is 42.1 Å². The Labute approximate surface area is 133 Å². The minimum Gasteiger partial charge on any atom is -0.312 e. The number of ketones is 1. The van der Waals surface area contributed by atoms with Crippen LogP contribution < -0.4 is 4.72 Å². The average molecular weight is 340 g/mol. The second kappa shape index (κ2) is 6.49. The molecule has 0 aliphatic rings. The lowest BCUT2D eigenvalue weighted by Crippen LogP contribution is -2.15. The van der Waals surface area contributed by atoms with Crippen molar-refractivity contribution < 1.29 is 13.2 Å². The molecule has 1 aromatic carbocycles. The highest BCUT2D eigenvalue weighted by atomic mass is 32.2. The molecule has 0 radical (unpaired) electrons. The van der Waals surface area contributed by atoms with E-state index in [0.29, 0.717) is 16.4 Å². The fourth-order valence-electron chi connectivity index (χ4n) is 1.74. The highest BCUT2D eigenvalue weighted by molar-refractivity contribution is 8.00. The Kier molecular flexibility index (Phi) is 4.87. The fraction of sp³-hybridized carbons (Fsp3) is 0.308. The van der Waals surface area contributed by atoms with Crippen LogP contribution in [0, 0.1) is 0 Å². The Morgan fingerprint density at radius 1 is 1.32 bits per heavy atom. The smallest absolute Gasteiger partial charge is 0.229 e. The van der Waals surface area contributed by atoms with Crippen molar-refractivity contribution in [1.29, 1.82) is 0 Å². The van der Waals surface area contributed by atoms with Crippen LogP contribution in [0.15, 0.2) is 35.7 Å². The second-order valence-electron chi connectivity index (χ2n) is 4.80. The summed E-state index contributed by atoms with van der Waals surface area (Å²) in [6.45, 7) is 1.80. The minimum atomic E-state index is -3.32. The van der Waals surface area contributed by atoms with E-state index in [1.807, 2.05) is 7.05 Å². The number of aromatic nitrogens is 3. The van der Waals surface area contributed by atoms with Crippen LogP contribution in [-0.2, 0) is 17.1 Å². The molecular weight excluding hydrogens is 324 g/mol. The maximum atomic E-state index is 12.4. The number of nitrogens with zero attached hydrogens (tertiary/aromatic N) is 3. The van der Waals surface area contributed by atoms with E-state index in [4.69, 9.17) is 0 Å². The Morgan fingerprint density at radius 3 is 2.45 bits per heavy atom. The largest absolute Gasteiger partial charge is 0.312 e. The Morgan fingerprint density at radius 2 is 1.95 bits per heavy atom. The third-order valence-electron chi connectivity index (χ3n) is 2.79. The molecule has 0 spiro atoms. The van der Waals surface area contributed by atoms with Gasteiger partial charge in [0.1, 0.15) is 6.33 Å². The van der Waals surface area contributed by atoms with Gasteiger partial charge in [-0.15, -0.1) is 10.2 Å². The number of rotatable bonds is 6. The predicted molar refractivity (Wildman–Crippen MR) is 85.6 cm³/mol. The molecule has 2 rings (SSSR count). The summed E-state index contributed by atoms with van der Waals surface area (Å²) >= 11 is 1.32. The minimum absolute atomic E-state index is 0.0566. The summed E-state index contributed by atoms with van der Waals surface area (Å²) < 4.78 is 26.4. The molecule has 1 heterocycles. The number of hydrogen-bond donors (Lipinski definition) is 1. The van der Waals surface area contributed by atoms with Crippen molar-refractivity contribution >= 4 is 33.3 Å². The molecule has 0 saturated heterocycles. The van der Waals surface area contributed by atoms with Crippen LogP contribution in [0.4, 0.5) is 5.69 Å². The maximum absolute atomic E-state index is 12.4. The lowest BCUT2D eigenvalue weighted by Gasteiger charge is -2.10. The van der Waals surface area contributed by atoms with Gasteiger partial charge in [-0.25, -0.2) is 8.42 Å². The number of benzene rings is 1. The Bertz CT molecular complexity index is 769. The first kappa shape index (κ1) is 16.5. The first-order chi connectivity index (χ1) is 10.3. The fourth-order valence-corrected chi connectivity index (χ4v) is 3.17. The van der Waals surface area contributed by atoms with E-state index < -0.39 is 10.0 Å². The van der Waals surface area contributed by atoms with Gasteiger partial charge in [-0.3, -0.25) is 9.52 Å². The molecule has 1 atom stereocenters.